The minimum atomic E-state index is -0.424. The van der Waals surface area contributed by atoms with E-state index in [0.717, 1.165) is 6.42 Å². The third kappa shape index (κ3) is 8.15. The molecule has 0 atom stereocenters. The number of hydrogen-bond acceptors (Lipinski definition) is 9. The van der Waals surface area contributed by atoms with E-state index in [1.165, 1.54) is 0 Å². The van der Waals surface area contributed by atoms with Gasteiger partial charge in [0.2, 0.25) is 5.91 Å². The highest BCUT2D eigenvalue weighted by molar-refractivity contribution is 6.04. The summed E-state index contributed by atoms with van der Waals surface area (Å²) in [6.45, 7) is 6.00. The van der Waals surface area contributed by atoms with Crippen molar-refractivity contribution in [2.45, 2.75) is 52.0 Å². The second kappa shape index (κ2) is 11.7. The van der Waals surface area contributed by atoms with Crippen LogP contribution in [0.2, 0.25) is 0 Å². The Labute approximate surface area is 198 Å². The van der Waals surface area contributed by atoms with E-state index in [-0.39, 0.29) is 11.4 Å². The predicted molar refractivity (Wildman–Crippen MR) is 129 cm³/mol. The van der Waals surface area contributed by atoms with Crippen LogP contribution in [0.3, 0.4) is 0 Å². The van der Waals surface area contributed by atoms with Crippen molar-refractivity contribution in [2.24, 2.45) is 10.2 Å². The molecule has 1 aliphatic rings. The van der Waals surface area contributed by atoms with Crippen LogP contribution in [0.25, 0.3) is 0 Å². The Kier molecular flexibility index (Phi) is 8.49. The minimum Gasteiger partial charge on any atom is -0.450 e. The van der Waals surface area contributed by atoms with Crippen LogP contribution in [0.15, 0.2) is 52.9 Å². The van der Waals surface area contributed by atoms with E-state index in [4.69, 9.17) is 4.74 Å². The summed E-state index contributed by atoms with van der Waals surface area (Å²) in [5.74, 6) is 0.865. The first-order valence-electron chi connectivity index (χ1n) is 11.1. The first kappa shape index (κ1) is 24.6. The van der Waals surface area contributed by atoms with Gasteiger partial charge in [0.25, 0.3) is 0 Å². The van der Waals surface area contributed by atoms with Gasteiger partial charge in [0.15, 0.2) is 11.7 Å². The molecule has 0 aliphatic carbocycles. The van der Waals surface area contributed by atoms with Crippen LogP contribution < -0.4 is 21.5 Å². The normalized spacial score (nSPS) is 13.0. The van der Waals surface area contributed by atoms with Crippen molar-refractivity contribution in [1.82, 2.24) is 26.1 Å². The van der Waals surface area contributed by atoms with E-state index in [0.29, 0.717) is 54.6 Å². The van der Waals surface area contributed by atoms with Gasteiger partial charge in [0.1, 0.15) is 11.4 Å². The Hall–Kier alpha value is -4.02. The van der Waals surface area contributed by atoms with Crippen LogP contribution in [0, 0.1) is 0 Å². The van der Waals surface area contributed by atoms with Crippen molar-refractivity contribution < 1.29 is 14.3 Å². The Morgan fingerprint density at radius 3 is 2.26 bits per heavy atom. The number of amides is 2. The second-order valence-electron chi connectivity index (χ2n) is 8.66. The van der Waals surface area contributed by atoms with Crippen LogP contribution in [0.5, 0.6) is 0 Å². The molecule has 2 aromatic heterocycles. The number of nitrogens with one attached hydrogen (secondary N) is 4. The van der Waals surface area contributed by atoms with E-state index in [1.54, 1.807) is 24.5 Å². The van der Waals surface area contributed by atoms with E-state index in [9.17, 15) is 9.59 Å². The highest BCUT2D eigenvalue weighted by Crippen LogP contribution is 2.10. The number of carbonyl (C=O) groups is 2. The number of rotatable bonds is 9. The number of hydrazone groups is 2. The molecule has 3 rings (SSSR count). The largest absolute Gasteiger partial charge is 0.450 e. The topological polar surface area (TPSA) is 142 Å². The van der Waals surface area contributed by atoms with E-state index >= 15 is 0 Å². The molecule has 0 bridgehead atoms. The van der Waals surface area contributed by atoms with Crippen LogP contribution in [-0.2, 0) is 9.53 Å². The summed E-state index contributed by atoms with van der Waals surface area (Å²) >= 11 is 0. The lowest BCUT2D eigenvalue weighted by molar-refractivity contribution is -0.116. The fourth-order valence-corrected chi connectivity index (χ4v) is 2.90. The molecule has 2 aromatic rings. The molecule has 0 saturated carbocycles. The minimum absolute atomic E-state index is 0.0969. The lowest BCUT2D eigenvalue weighted by atomic mass is 10.1. The van der Waals surface area contributed by atoms with Crippen molar-refractivity contribution in [1.29, 1.82) is 0 Å². The Bertz CT molecular complexity index is 1030. The van der Waals surface area contributed by atoms with Crippen molar-refractivity contribution in [2.75, 3.05) is 11.9 Å². The summed E-state index contributed by atoms with van der Waals surface area (Å²) in [7, 11) is 0. The van der Waals surface area contributed by atoms with Crippen molar-refractivity contribution >= 4 is 29.4 Å². The molecule has 0 aromatic carbocycles. The summed E-state index contributed by atoms with van der Waals surface area (Å²) < 4.78 is 5.12. The molecule has 0 radical (unpaired) electrons. The number of ether oxygens (including phenoxy) is 1. The van der Waals surface area contributed by atoms with Gasteiger partial charge in [-0.25, -0.2) is 4.79 Å². The van der Waals surface area contributed by atoms with Gasteiger partial charge in [-0.15, -0.1) is 0 Å². The van der Waals surface area contributed by atoms with Gasteiger partial charge >= 0.3 is 6.09 Å². The third-order valence-electron chi connectivity index (χ3n) is 4.50. The predicted octanol–water partition coefficient (Wildman–Crippen LogP) is 2.72. The van der Waals surface area contributed by atoms with Crippen LogP contribution in [0.1, 0.15) is 57.8 Å². The zero-order chi connectivity index (χ0) is 24.4. The summed E-state index contributed by atoms with van der Waals surface area (Å²) in [6, 6.07) is 9.01. The van der Waals surface area contributed by atoms with Gasteiger partial charge in [-0.05, 0) is 64.3 Å². The number of nitrogens with zero attached hydrogens (tertiary/aromatic N) is 4. The number of amidine groups is 2. The first-order valence-corrected chi connectivity index (χ1v) is 11.1. The monoisotopic (exact) mass is 466 g/mol. The Morgan fingerprint density at radius 2 is 1.68 bits per heavy atom. The third-order valence-corrected chi connectivity index (χ3v) is 4.50. The van der Waals surface area contributed by atoms with Gasteiger partial charge in [0, 0.05) is 18.2 Å². The molecule has 180 valence electrons. The highest BCUT2D eigenvalue weighted by atomic mass is 16.5. The van der Waals surface area contributed by atoms with E-state index in [1.807, 2.05) is 39.0 Å². The van der Waals surface area contributed by atoms with Crippen LogP contribution in [0.4, 0.5) is 10.5 Å². The fraction of sp³-hybridized carbons (Fsp3) is 0.391. The molecular formula is C23H30N8O3. The molecule has 4 N–H and O–H groups in total. The van der Waals surface area contributed by atoms with Gasteiger partial charge < -0.3 is 15.4 Å². The zero-order valence-electron chi connectivity index (χ0n) is 19.6. The summed E-state index contributed by atoms with van der Waals surface area (Å²) in [4.78, 5) is 32.3. The zero-order valence-corrected chi connectivity index (χ0v) is 19.6. The van der Waals surface area contributed by atoms with Gasteiger partial charge in [-0.2, -0.15) is 10.2 Å². The summed E-state index contributed by atoms with van der Waals surface area (Å²) in [5.41, 5.74) is 7.23. The molecule has 0 spiro atoms. The lowest BCUT2D eigenvalue weighted by Gasteiger charge is -2.19. The van der Waals surface area contributed by atoms with Crippen molar-refractivity contribution in [3.8, 4) is 0 Å². The molecule has 0 unspecified atom stereocenters. The van der Waals surface area contributed by atoms with Gasteiger partial charge in [-0.1, -0.05) is 6.07 Å². The van der Waals surface area contributed by atoms with Crippen molar-refractivity contribution in [3.05, 3.63) is 54.1 Å². The fourth-order valence-electron chi connectivity index (χ4n) is 2.90. The number of anilines is 1. The molecule has 1 aliphatic heterocycles. The molecule has 11 heteroatoms. The maximum atomic E-state index is 12.2. The molecule has 34 heavy (non-hydrogen) atoms. The van der Waals surface area contributed by atoms with Crippen LogP contribution in [-0.4, -0.2) is 45.8 Å². The highest BCUT2D eigenvalue weighted by Gasteiger charge is 2.15. The maximum Gasteiger partial charge on any atom is 0.407 e. The second-order valence-corrected chi connectivity index (χ2v) is 8.66. The van der Waals surface area contributed by atoms with Crippen molar-refractivity contribution in [3.63, 3.8) is 0 Å². The smallest absolute Gasteiger partial charge is 0.407 e. The quantitative estimate of drug-likeness (QED) is 0.416. The number of hydrogen-bond donors (Lipinski definition) is 4. The molecule has 0 fully saturated rings. The van der Waals surface area contributed by atoms with Gasteiger partial charge in [0.05, 0.1) is 18.5 Å². The number of carbonyl (C=O) groups excluding carboxylic acids is 2. The Balaban J connectivity index is 1.34. The molecule has 2 amide bonds. The molecule has 11 nitrogen and oxygen atoms in total. The number of pyridine rings is 2. The number of alkyl carbamates (subject to hydrolysis) is 1. The maximum absolute atomic E-state index is 12.2. The number of unbranched alkanes of at least 4 members (excludes halogenated alkanes) is 2. The van der Waals surface area contributed by atoms with Gasteiger partial charge in [-0.3, -0.25) is 25.6 Å². The van der Waals surface area contributed by atoms with E-state index < -0.39 is 6.09 Å². The SMILES string of the molecule is CC(C)(C)NC(=O)OCCCCCC(=O)Nc1ccc(C2=NNC(c3ccccn3)=NN2)nc1. The summed E-state index contributed by atoms with van der Waals surface area (Å²) in [5, 5.41) is 14.0. The lowest BCUT2D eigenvalue weighted by Crippen LogP contribution is -2.41. The average Bonchev–Trinajstić information content (AvgIpc) is 2.81. The van der Waals surface area contributed by atoms with Crippen LogP contribution >= 0.6 is 0 Å². The average molecular weight is 467 g/mol. The van der Waals surface area contributed by atoms with E-state index in [2.05, 4.69) is 41.7 Å². The molecular weight excluding hydrogens is 436 g/mol. The standard InChI is InChI=1S/C23H30N8O3/c1-23(2,3)27-22(33)34-14-8-4-5-10-19(32)26-16-11-12-18(25-15-16)21-30-28-20(29-31-21)17-9-6-7-13-24-17/h6-7,9,11-13,15H,4-5,8,10,14H2,1-3H3,(H,26,32)(H,27,33)(H,28,29)(H,30,31). The molecule has 3 heterocycles. The molecule has 0 saturated heterocycles. The number of aromatic nitrogens is 2. The Morgan fingerprint density at radius 1 is 0.941 bits per heavy atom. The summed E-state index contributed by atoms with van der Waals surface area (Å²) in [6.07, 6.45) is 5.38. The first-order chi connectivity index (χ1) is 16.3.